The molecule has 29 heavy (non-hydrogen) atoms. The first-order chi connectivity index (χ1) is 14.2. The van der Waals surface area contributed by atoms with Crippen LogP contribution in [-0.2, 0) is 11.3 Å². The largest absolute Gasteiger partial charge is 0.493 e. The van der Waals surface area contributed by atoms with Gasteiger partial charge in [0.25, 0.3) is 0 Å². The summed E-state index contributed by atoms with van der Waals surface area (Å²) >= 11 is 0. The lowest BCUT2D eigenvalue weighted by molar-refractivity contribution is 0.0412. The number of hydrogen-bond donors (Lipinski definition) is 0. The summed E-state index contributed by atoms with van der Waals surface area (Å²) in [5.41, 5.74) is 1.18. The molecule has 0 bridgehead atoms. The van der Waals surface area contributed by atoms with E-state index < -0.39 is 0 Å². The van der Waals surface area contributed by atoms with Crippen molar-refractivity contribution in [1.29, 1.82) is 0 Å². The smallest absolute Gasteiger partial charge is 0.409 e. The minimum Gasteiger partial charge on any atom is -0.493 e. The maximum absolute atomic E-state index is 11.9. The maximum atomic E-state index is 11.9. The Morgan fingerprint density at radius 1 is 1.17 bits per heavy atom. The lowest BCUT2D eigenvalue weighted by atomic mass is 10.0. The Kier molecular flexibility index (Phi) is 6.30. The zero-order valence-corrected chi connectivity index (χ0v) is 17.4. The molecule has 2 fully saturated rings. The third-order valence-electron chi connectivity index (χ3n) is 5.96. The predicted octanol–water partition coefficient (Wildman–Crippen LogP) is 2.16. The lowest BCUT2D eigenvalue weighted by Gasteiger charge is -2.43. The summed E-state index contributed by atoms with van der Waals surface area (Å²) in [6, 6.07) is 4.64. The second-order valence-corrected chi connectivity index (χ2v) is 7.78. The van der Waals surface area contributed by atoms with Gasteiger partial charge >= 0.3 is 6.09 Å². The zero-order chi connectivity index (χ0) is 20.2. The first kappa shape index (κ1) is 20.1. The van der Waals surface area contributed by atoms with Crippen molar-refractivity contribution in [2.75, 3.05) is 59.8 Å². The van der Waals surface area contributed by atoms with Gasteiger partial charge in [-0.1, -0.05) is 0 Å². The van der Waals surface area contributed by atoms with Crippen LogP contribution < -0.4 is 14.2 Å². The van der Waals surface area contributed by atoms with Gasteiger partial charge in [0.15, 0.2) is 11.5 Å². The van der Waals surface area contributed by atoms with E-state index in [2.05, 4.69) is 21.9 Å². The number of piperazine rings is 1. The summed E-state index contributed by atoms with van der Waals surface area (Å²) in [4.78, 5) is 18.8. The van der Waals surface area contributed by atoms with Crippen molar-refractivity contribution in [2.45, 2.75) is 32.4 Å². The molecular weight excluding hydrogens is 374 g/mol. The maximum Gasteiger partial charge on any atom is 0.409 e. The molecule has 0 N–H and O–H groups in total. The van der Waals surface area contributed by atoms with Crippen molar-refractivity contribution < 1.29 is 23.7 Å². The van der Waals surface area contributed by atoms with Gasteiger partial charge < -0.3 is 23.8 Å². The van der Waals surface area contributed by atoms with E-state index >= 15 is 0 Å². The number of nitrogens with zero attached hydrogens (tertiary/aromatic N) is 3. The predicted molar refractivity (Wildman–Crippen MR) is 108 cm³/mol. The molecule has 0 saturated carbocycles. The monoisotopic (exact) mass is 405 g/mol. The topological polar surface area (TPSA) is 63.7 Å². The molecular formula is C21H31N3O5. The van der Waals surface area contributed by atoms with Crippen molar-refractivity contribution in [3.8, 4) is 17.2 Å². The summed E-state index contributed by atoms with van der Waals surface area (Å²) in [5, 5.41) is 0. The fourth-order valence-electron chi connectivity index (χ4n) is 4.49. The molecule has 0 spiro atoms. The fourth-order valence-corrected chi connectivity index (χ4v) is 4.49. The number of ether oxygens (including phenoxy) is 4. The fraction of sp³-hybridized carbons (Fsp3) is 0.667. The number of benzene rings is 1. The van der Waals surface area contributed by atoms with Crippen molar-refractivity contribution in [3.63, 3.8) is 0 Å². The van der Waals surface area contributed by atoms with Gasteiger partial charge in [-0.3, -0.25) is 9.80 Å². The molecule has 0 unspecified atom stereocenters. The summed E-state index contributed by atoms with van der Waals surface area (Å²) in [6.07, 6.45) is 2.21. The molecule has 3 aliphatic heterocycles. The molecule has 2 saturated heterocycles. The van der Waals surface area contributed by atoms with Gasteiger partial charge in [0, 0.05) is 45.3 Å². The molecule has 3 heterocycles. The highest BCUT2D eigenvalue weighted by molar-refractivity contribution is 5.67. The van der Waals surface area contributed by atoms with Crippen molar-refractivity contribution >= 4 is 6.09 Å². The molecule has 0 aromatic heterocycles. The van der Waals surface area contributed by atoms with Crippen molar-refractivity contribution in [3.05, 3.63) is 17.7 Å². The molecule has 4 rings (SSSR count). The van der Waals surface area contributed by atoms with Crippen LogP contribution in [0.4, 0.5) is 4.79 Å². The Morgan fingerprint density at radius 2 is 2.00 bits per heavy atom. The van der Waals surface area contributed by atoms with E-state index in [0.29, 0.717) is 18.4 Å². The SMILES string of the molecule is CCOC(=O)N1CCN([C@H]2CCCN(Cc3cc(OC)c4c(c3)OCO4)C2)CC1. The normalized spacial score (nSPS) is 22.6. The second-order valence-electron chi connectivity index (χ2n) is 7.78. The van der Waals surface area contributed by atoms with Gasteiger partial charge in [0.05, 0.1) is 13.7 Å². The van der Waals surface area contributed by atoms with Crippen LogP contribution >= 0.6 is 0 Å². The minimum absolute atomic E-state index is 0.186. The number of rotatable bonds is 5. The average molecular weight is 405 g/mol. The Morgan fingerprint density at radius 3 is 2.76 bits per heavy atom. The summed E-state index contributed by atoms with van der Waals surface area (Å²) < 4.78 is 21.7. The Balaban J connectivity index is 1.33. The van der Waals surface area contributed by atoms with Gasteiger partial charge in [0.2, 0.25) is 12.5 Å². The van der Waals surface area contributed by atoms with Crippen LogP contribution in [0.25, 0.3) is 0 Å². The highest BCUT2D eigenvalue weighted by Crippen LogP contribution is 2.42. The molecule has 3 aliphatic rings. The van der Waals surface area contributed by atoms with Crippen LogP contribution in [0.15, 0.2) is 12.1 Å². The molecule has 1 aromatic carbocycles. The average Bonchev–Trinajstić information content (AvgIpc) is 3.22. The number of hydrogen-bond acceptors (Lipinski definition) is 7. The van der Waals surface area contributed by atoms with Crippen LogP contribution in [0.1, 0.15) is 25.3 Å². The standard InChI is InChI=1S/C21H31N3O5/c1-3-27-21(25)24-9-7-23(8-10-24)17-5-4-6-22(14-17)13-16-11-18(26-2)20-19(12-16)28-15-29-20/h11-12,17H,3-10,13-15H2,1-2H3/t17-/m0/s1. The Hall–Kier alpha value is -2.19. The third kappa shape index (κ3) is 4.53. The van der Waals surface area contributed by atoms with Crippen molar-refractivity contribution in [1.82, 2.24) is 14.7 Å². The molecule has 8 nitrogen and oxygen atoms in total. The highest BCUT2D eigenvalue weighted by Gasteiger charge is 2.30. The van der Waals surface area contributed by atoms with Crippen LogP contribution in [0.5, 0.6) is 17.2 Å². The number of piperidine rings is 1. The van der Waals surface area contributed by atoms with Gasteiger partial charge in [-0.15, -0.1) is 0 Å². The first-order valence-corrected chi connectivity index (χ1v) is 10.5. The number of fused-ring (bicyclic) bond motifs is 1. The van der Waals surface area contributed by atoms with E-state index in [0.717, 1.165) is 57.3 Å². The van der Waals surface area contributed by atoms with Crippen LogP contribution in [0.2, 0.25) is 0 Å². The molecule has 1 amide bonds. The van der Waals surface area contributed by atoms with Crippen LogP contribution in [0, 0.1) is 0 Å². The quantitative estimate of drug-likeness (QED) is 0.744. The van der Waals surface area contributed by atoms with Crippen LogP contribution in [0.3, 0.4) is 0 Å². The molecule has 8 heteroatoms. The van der Waals surface area contributed by atoms with E-state index in [1.165, 1.54) is 18.4 Å². The van der Waals surface area contributed by atoms with E-state index in [1.807, 2.05) is 11.8 Å². The molecule has 0 aliphatic carbocycles. The molecule has 1 atom stereocenters. The highest BCUT2D eigenvalue weighted by atomic mass is 16.7. The first-order valence-electron chi connectivity index (χ1n) is 10.5. The van der Waals surface area contributed by atoms with Gasteiger partial charge in [-0.25, -0.2) is 4.79 Å². The molecule has 1 aromatic rings. The van der Waals surface area contributed by atoms with E-state index in [9.17, 15) is 4.79 Å². The lowest BCUT2D eigenvalue weighted by Crippen LogP contribution is -2.55. The molecule has 160 valence electrons. The Bertz CT molecular complexity index is 721. The number of carbonyl (C=O) groups excluding carboxylic acids is 1. The molecule has 0 radical (unpaired) electrons. The van der Waals surface area contributed by atoms with Gasteiger partial charge in [-0.2, -0.15) is 0 Å². The third-order valence-corrected chi connectivity index (χ3v) is 5.96. The number of carbonyl (C=O) groups is 1. The van der Waals surface area contributed by atoms with E-state index in [-0.39, 0.29) is 12.9 Å². The van der Waals surface area contributed by atoms with E-state index in [1.54, 1.807) is 7.11 Å². The van der Waals surface area contributed by atoms with Crippen molar-refractivity contribution in [2.24, 2.45) is 0 Å². The second kappa shape index (κ2) is 9.09. The number of methoxy groups -OCH3 is 1. The zero-order valence-electron chi connectivity index (χ0n) is 17.4. The summed E-state index contributed by atoms with van der Waals surface area (Å²) in [7, 11) is 1.66. The van der Waals surface area contributed by atoms with Crippen LogP contribution in [-0.4, -0.2) is 86.6 Å². The number of likely N-dealkylation sites (tertiary alicyclic amines) is 1. The number of amides is 1. The van der Waals surface area contributed by atoms with E-state index in [4.69, 9.17) is 18.9 Å². The summed E-state index contributed by atoms with van der Waals surface area (Å²) in [6.45, 7) is 8.84. The van der Waals surface area contributed by atoms with Gasteiger partial charge in [0.1, 0.15) is 0 Å². The minimum atomic E-state index is -0.186. The summed E-state index contributed by atoms with van der Waals surface area (Å²) in [5.74, 6) is 2.20. The van der Waals surface area contributed by atoms with Gasteiger partial charge in [-0.05, 0) is 44.0 Å². The Labute approximate surface area is 172 Å².